The first-order chi connectivity index (χ1) is 5.04. The van der Waals surface area contributed by atoms with Crippen LogP contribution in [-0.4, -0.2) is 28.2 Å². The van der Waals surface area contributed by atoms with E-state index in [0.717, 1.165) is 0 Å². The number of rotatable bonds is 3. The van der Waals surface area contributed by atoms with E-state index < -0.39 is 23.9 Å². The van der Waals surface area contributed by atoms with Crippen molar-refractivity contribution in [3.8, 4) is 0 Å². The molecule has 5 nitrogen and oxygen atoms in total. The highest BCUT2D eigenvalue weighted by Crippen LogP contribution is 2.40. The molecule has 0 aliphatic heterocycles. The summed E-state index contributed by atoms with van der Waals surface area (Å²) in [5, 5.41) is 16.8. The Morgan fingerprint density at radius 3 is 2.27 bits per heavy atom. The molecule has 0 unspecified atom stereocenters. The van der Waals surface area contributed by atoms with Crippen LogP contribution in [0, 0.1) is 11.8 Å². The first-order valence-corrected chi connectivity index (χ1v) is 3.25. The molecule has 62 valence electrons. The molecule has 0 spiro atoms. The summed E-state index contributed by atoms with van der Waals surface area (Å²) >= 11 is 0. The van der Waals surface area contributed by atoms with Gasteiger partial charge in [-0.2, -0.15) is 0 Å². The van der Waals surface area contributed by atoms with E-state index in [0.29, 0.717) is 6.42 Å². The average Bonchev–Trinajstić information content (AvgIpc) is 2.63. The Hall–Kier alpha value is -1.10. The van der Waals surface area contributed by atoms with Crippen molar-refractivity contribution in [2.75, 3.05) is 0 Å². The predicted octanol–water partition coefficient (Wildman–Crippen LogP) is -0.881. The number of carboxylic acid groups (broad SMARTS) is 2. The molecule has 0 bridgehead atoms. The van der Waals surface area contributed by atoms with E-state index in [1.165, 1.54) is 0 Å². The van der Waals surface area contributed by atoms with Crippen LogP contribution in [0.5, 0.6) is 0 Å². The maximum absolute atomic E-state index is 10.3. The molecule has 1 aliphatic carbocycles. The molecule has 3 atom stereocenters. The second-order valence-electron chi connectivity index (χ2n) is 2.71. The van der Waals surface area contributed by atoms with Gasteiger partial charge in [0, 0.05) is 0 Å². The SMILES string of the molecule is N[C@@H](C(=O)O)[C@H]1C[C@H]1C(=O)O. The molecule has 0 amide bonds. The van der Waals surface area contributed by atoms with Crippen LogP contribution in [0.3, 0.4) is 0 Å². The molecule has 5 heteroatoms. The normalized spacial score (nSPS) is 31.0. The fraction of sp³-hybridized carbons (Fsp3) is 0.667. The maximum Gasteiger partial charge on any atom is 0.320 e. The van der Waals surface area contributed by atoms with Crippen LogP contribution in [0.2, 0.25) is 0 Å². The molecule has 1 fully saturated rings. The van der Waals surface area contributed by atoms with Gasteiger partial charge in [0.1, 0.15) is 6.04 Å². The van der Waals surface area contributed by atoms with Gasteiger partial charge in [0.25, 0.3) is 0 Å². The average molecular weight is 159 g/mol. The summed E-state index contributed by atoms with van der Waals surface area (Å²) in [6.07, 6.45) is 0.392. The van der Waals surface area contributed by atoms with E-state index in [9.17, 15) is 9.59 Å². The molecule has 0 saturated heterocycles. The van der Waals surface area contributed by atoms with Crippen molar-refractivity contribution in [3.63, 3.8) is 0 Å². The molecule has 0 radical (unpaired) electrons. The Morgan fingerprint density at radius 2 is 2.00 bits per heavy atom. The smallest absolute Gasteiger partial charge is 0.320 e. The zero-order chi connectivity index (χ0) is 8.59. The van der Waals surface area contributed by atoms with Crippen molar-refractivity contribution in [2.45, 2.75) is 12.5 Å². The quantitative estimate of drug-likeness (QED) is 0.496. The minimum Gasteiger partial charge on any atom is -0.481 e. The summed E-state index contributed by atoms with van der Waals surface area (Å²) in [5.41, 5.74) is 5.19. The Labute approximate surface area is 62.8 Å². The number of carboxylic acids is 2. The third-order valence-electron chi connectivity index (χ3n) is 1.90. The number of hydrogen-bond acceptors (Lipinski definition) is 3. The minimum atomic E-state index is -1.13. The third-order valence-corrected chi connectivity index (χ3v) is 1.90. The number of nitrogens with two attached hydrogens (primary N) is 1. The first-order valence-electron chi connectivity index (χ1n) is 3.25. The van der Waals surface area contributed by atoms with Gasteiger partial charge in [-0.15, -0.1) is 0 Å². The Balaban J connectivity index is 2.43. The Kier molecular flexibility index (Phi) is 1.82. The molecule has 0 aromatic carbocycles. The molecular formula is C6H9NO4. The second-order valence-corrected chi connectivity index (χ2v) is 2.71. The van der Waals surface area contributed by atoms with Crippen LogP contribution < -0.4 is 5.73 Å². The molecule has 0 aromatic rings. The maximum atomic E-state index is 10.3. The number of hydrogen-bond donors (Lipinski definition) is 3. The highest BCUT2D eigenvalue weighted by atomic mass is 16.4. The van der Waals surface area contributed by atoms with Crippen LogP contribution in [-0.2, 0) is 9.59 Å². The largest absolute Gasteiger partial charge is 0.481 e. The highest BCUT2D eigenvalue weighted by molar-refractivity contribution is 5.79. The van der Waals surface area contributed by atoms with Gasteiger partial charge in [-0.3, -0.25) is 9.59 Å². The lowest BCUT2D eigenvalue weighted by molar-refractivity contribution is -0.140. The summed E-state index contributed by atoms with van der Waals surface area (Å²) in [7, 11) is 0. The van der Waals surface area contributed by atoms with E-state index >= 15 is 0 Å². The standard InChI is InChI=1S/C6H9NO4/c7-4(6(10)11)2-1-3(2)5(8)9/h2-4H,1,7H2,(H,8,9)(H,10,11)/t2-,3+,4+/m0/s1. The summed E-state index contributed by atoms with van der Waals surface area (Å²) in [6, 6.07) is -1.02. The lowest BCUT2D eigenvalue weighted by atomic mass is 10.1. The summed E-state index contributed by atoms with van der Waals surface area (Å²) in [5.74, 6) is -2.99. The van der Waals surface area contributed by atoms with Gasteiger partial charge in [0.15, 0.2) is 0 Å². The van der Waals surface area contributed by atoms with Crippen molar-refractivity contribution < 1.29 is 19.8 Å². The second kappa shape index (κ2) is 2.50. The van der Waals surface area contributed by atoms with Crippen LogP contribution >= 0.6 is 0 Å². The van der Waals surface area contributed by atoms with Crippen LogP contribution in [0.1, 0.15) is 6.42 Å². The van der Waals surface area contributed by atoms with Gasteiger partial charge in [-0.05, 0) is 12.3 Å². The molecule has 11 heavy (non-hydrogen) atoms. The van der Waals surface area contributed by atoms with Gasteiger partial charge in [-0.1, -0.05) is 0 Å². The van der Waals surface area contributed by atoms with Gasteiger partial charge in [0.05, 0.1) is 5.92 Å². The highest BCUT2D eigenvalue weighted by Gasteiger charge is 2.49. The third kappa shape index (κ3) is 1.48. The van der Waals surface area contributed by atoms with Crippen molar-refractivity contribution in [2.24, 2.45) is 17.6 Å². The summed E-state index contributed by atoms with van der Waals surface area (Å²) in [4.78, 5) is 20.5. The van der Waals surface area contributed by atoms with Crippen molar-refractivity contribution in [1.29, 1.82) is 0 Å². The van der Waals surface area contributed by atoms with Crippen molar-refractivity contribution in [1.82, 2.24) is 0 Å². The van der Waals surface area contributed by atoms with Crippen LogP contribution in [0.25, 0.3) is 0 Å². The monoisotopic (exact) mass is 159 g/mol. The van der Waals surface area contributed by atoms with E-state index in [4.69, 9.17) is 15.9 Å². The fourth-order valence-electron chi connectivity index (χ4n) is 1.08. The number of carbonyl (C=O) groups is 2. The van der Waals surface area contributed by atoms with Crippen molar-refractivity contribution >= 4 is 11.9 Å². The molecule has 1 aliphatic rings. The zero-order valence-corrected chi connectivity index (χ0v) is 5.73. The van der Waals surface area contributed by atoms with Crippen molar-refractivity contribution in [3.05, 3.63) is 0 Å². The van der Waals surface area contributed by atoms with Crippen LogP contribution in [0.15, 0.2) is 0 Å². The first kappa shape index (κ1) is 8.00. The topological polar surface area (TPSA) is 101 Å². The molecule has 0 heterocycles. The fourth-order valence-corrected chi connectivity index (χ4v) is 1.08. The molecular weight excluding hydrogens is 150 g/mol. The number of aliphatic carboxylic acids is 2. The lowest BCUT2D eigenvalue weighted by Gasteiger charge is -2.01. The minimum absolute atomic E-state index is 0.370. The van der Waals surface area contributed by atoms with E-state index in [-0.39, 0.29) is 5.92 Å². The predicted molar refractivity (Wildman–Crippen MR) is 34.8 cm³/mol. The zero-order valence-electron chi connectivity index (χ0n) is 5.73. The summed E-state index contributed by atoms with van der Waals surface area (Å²) in [6.45, 7) is 0. The molecule has 1 saturated carbocycles. The Bertz CT molecular complexity index is 203. The summed E-state index contributed by atoms with van der Waals surface area (Å²) < 4.78 is 0. The van der Waals surface area contributed by atoms with E-state index in [2.05, 4.69) is 0 Å². The molecule has 0 aromatic heterocycles. The molecule has 4 N–H and O–H groups in total. The van der Waals surface area contributed by atoms with Gasteiger partial charge in [0.2, 0.25) is 0 Å². The van der Waals surface area contributed by atoms with Gasteiger partial charge >= 0.3 is 11.9 Å². The van der Waals surface area contributed by atoms with E-state index in [1.807, 2.05) is 0 Å². The van der Waals surface area contributed by atoms with Gasteiger partial charge < -0.3 is 15.9 Å². The lowest BCUT2D eigenvalue weighted by Crippen LogP contribution is -2.33. The Morgan fingerprint density at radius 1 is 1.45 bits per heavy atom. The van der Waals surface area contributed by atoms with Gasteiger partial charge in [-0.25, -0.2) is 0 Å². The van der Waals surface area contributed by atoms with Crippen LogP contribution in [0.4, 0.5) is 0 Å². The van der Waals surface area contributed by atoms with E-state index in [1.54, 1.807) is 0 Å². The molecule has 1 rings (SSSR count).